The average Bonchev–Trinajstić information content (AvgIpc) is 2.88. The van der Waals surface area contributed by atoms with Gasteiger partial charge in [0.15, 0.2) is 0 Å². The monoisotopic (exact) mass is 237 g/mol. The molecule has 1 aliphatic rings. The summed E-state index contributed by atoms with van der Waals surface area (Å²) in [5.41, 5.74) is 0. The minimum absolute atomic E-state index is 0.356. The molecule has 1 atom stereocenters. The quantitative estimate of drug-likeness (QED) is 0.760. The van der Waals surface area contributed by atoms with Crippen LogP contribution in [0.15, 0.2) is 24.3 Å². The summed E-state index contributed by atoms with van der Waals surface area (Å²) < 4.78 is 16.3. The number of nitrogens with one attached hydrogen (secondary N) is 1. The minimum atomic E-state index is 0.356. The zero-order valence-corrected chi connectivity index (χ0v) is 10.1. The van der Waals surface area contributed by atoms with Gasteiger partial charge in [-0.25, -0.2) is 0 Å². The van der Waals surface area contributed by atoms with Gasteiger partial charge in [-0.05, 0) is 37.2 Å². The van der Waals surface area contributed by atoms with Gasteiger partial charge in [0.25, 0.3) is 0 Å². The first-order chi connectivity index (χ1) is 8.38. The molecule has 1 fully saturated rings. The molecule has 1 heterocycles. The lowest BCUT2D eigenvalue weighted by atomic mass is 10.3. The topological polar surface area (TPSA) is 39.7 Å². The van der Waals surface area contributed by atoms with Gasteiger partial charge in [0.1, 0.15) is 18.1 Å². The Morgan fingerprint density at radius 3 is 2.59 bits per heavy atom. The summed E-state index contributed by atoms with van der Waals surface area (Å²) in [6.07, 6.45) is 1.46. The molecule has 1 aliphatic heterocycles. The first-order valence-corrected chi connectivity index (χ1v) is 5.97. The van der Waals surface area contributed by atoms with Crippen molar-refractivity contribution in [1.29, 1.82) is 0 Å². The Morgan fingerprint density at radius 2 is 1.94 bits per heavy atom. The number of rotatable bonds is 6. The highest BCUT2D eigenvalue weighted by atomic mass is 16.5. The molecule has 1 aromatic rings. The first-order valence-electron chi connectivity index (χ1n) is 5.97. The fourth-order valence-corrected chi connectivity index (χ4v) is 1.82. The fourth-order valence-electron chi connectivity index (χ4n) is 1.82. The average molecular weight is 237 g/mol. The molecule has 0 bridgehead atoms. The van der Waals surface area contributed by atoms with Crippen molar-refractivity contribution in [2.45, 2.75) is 12.5 Å². The molecule has 1 N–H and O–H groups in total. The highest BCUT2D eigenvalue weighted by Gasteiger charge is 2.13. The molecule has 0 spiro atoms. The van der Waals surface area contributed by atoms with Gasteiger partial charge in [0.05, 0.1) is 19.8 Å². The van der Waals surface area contributed by atoms with Gasteiger partial charge < -0.3 is 19.5 Å². The Hall–Kier alpha value is -1.26. The predicted octanol–water partition coefficient (Wildman–Crippen LogP) is 1.45. The number of benzene rings is 1. The molecule has 4 heteroatoms. The van der Waals surface area contributed by atoms with Crippen LogP contribution in [0, 0.1) is 0 Å². The number of ether oxygens (including phenoxy) is 3. The van der Waals surface area contributed by atoms with E-state index in [1.54, 1.807) is 7.11 Å². The number of methoxy groups -OCH3 is 1. The van der Waals surface area contributed by atoms with Crippen molar-refractivity contribution in [3.05, 3.63) is 24.3 Å². The van der Waals surface area contributed by atoms with E-state index in [2.05, 4.69) is 5.32 Å². The largest absolute Gasteiger partial charge is 0.497 e. The van der Waals surface area contributed by atoms with Crippen LogP contribution >= 0.6 is 0 Å². The maximum absolute atomic E-state index is 5.66. The van der Waals surface area contributed by atoms with E-state index < -0.39 is 0 Å². The van der Waals surface area contributed by atoms with Crippen molar-refractivity contribution in [1.82, 2.24) is 5.32 Å². The van der Waals surface area contributed by atoms with Crippen LogP contribution in [0.5, 0.6) is 11.5 Å². The summed E-state index contributed by atoms with van der Waals surface area (Å²) in [7, 11) is 1.65. The second-order valence-corrected chi connectivity index (χ2v) is 4.01. The molecule has 0 radical (unpaired) electrons. The third-order valence-corrected chi connectivity index (χ3v) is 2.78. The Labute approximate surface area is 102 Å². The van der Waals surface area contributed by atoms with E-state index in [0.29, 0.717) is 19.3 Å². The Kier molecular flexibility index (Phi) is 4.64. The van der Waals surface area contributed by atoms with Crippen LogP contribution in [0.3, 0.4) is 0 Å². The molecule has 0 saturated carbocycles. The number of hydrogen-bond acceptors (Lipinski definition) is 4. The lowest BCUT2D eigenvalue weighted by molar-refractivity contribution is 0.0455. The summed E-state index contributed by atoms with van der Waals surface area (Å²) >= 11 is 0. The Morgan fingerprint density at radius 1 is 1.18 bits per heavy atom. The summed E-state index contributed by atoms with van der Waals surface area (Å²) in [6, 6.07) is 7.57. The number of hydrogen-bond donors (Lipinski definition) is 1. The zero-order chi connectivity index (χ0) is 11.9. The van der Waals surface area contributed by atoms with Crippen LogP contribution < -0.4 is 14.8 Å². The highest BCUT2D eigenvalue weighted by Crippen LogP contribution is 2.16. The Balaban J connectivity index is 1.63. The van der Waals surface area contributed by atoms with Crippen LogP contribution in [-0.4, -0.2) is 39.5 Å². The first kappa shape index (κ1) is 12.2. The molecular formula is C13H19NO3. The lowest BCUT2D eigenvalue weighted by Gasteiger charge is -2.11. The maximum Gasteiger partial charge on any atom is 0.119 e. The van der Waals surface area contributed by atoms with Crippen LogP contribution in [0.1, 0.15) is 6.42 Å². The molecule has 0 aromatic heterocycles. The molecule has 1 unspecified atom stereocenters. The van der Waals surface area contributed by atoms with Crippen molar-refractivity contribution in [3.63, 3.8) is 0 Å². The lowest BCUT2D eigenvalue weighted by Crippen LogP contribution is -2.19. The third kappa shape index (κ3) is 3.91. The molecule has 94 valence electrons. The van der Waals surface area contributed by atoms with E-state index in [1.807, 2.05) is 24.3 Å². The smallest absolute Gasteiger partial charge is 0.119 e. The van der Waals surface area contributed by atoms with Gasteiger partial charge in [-0.15, -0.1) is 0 Å². The van der Waals surface area contributed by atoms with Crippen molar-refractivity contribution in [2.75, 3.05) is 33.4 Å². The Bertz CT molecular complexity index is 320. The van der Waals surface area contributed by atoms with Gasteiger partial charge in [-0.3, -0.25) is 0 Å². The molecule has 0 aliphatic carbocycles. The zero-order valence-electron chi connectivity index (χ0n) is 10.1. The van der Waals surface area contributed by atoms with Crippen molar-refractivity contribution in [3.8, 4) is 11.5 Å². The molecular weight excluding hydrogens is 218 g/mol. The van der Waals surface area contributed by atoms with Crippen molar-refractivity contribution < 1.29 is 14.2 Å². The van der Waals surface area contributed by atoms with E-state index in [9.17, 15) is 0 Å². The molecule has 0 amide bonds. The van der Waals surface area contributed by atoms with E-state index in [0.717, 1.165) is 31.0 Å². The van der Waals surface area contributed by atoms with E-state index in [4.69, 9.17) is 14.2 Å². The van der Waals surface area contributed by atoms with Crippen molar-refractivity contribution in [2.24, 2.45) is 0 Å². The van der Waals surface area contributed by atoms with Crippen molar-refractivity contribution >= 4 is 0 Å². The van der Waals surface area contributed by atoms with Gasteiger partial charge >= 0.3 is 0 Å². The molecule has 2 rings (SSSR count). The maximum atomic E-state index is 5.66. The normalized spacial score (nSPS) is 19.2. The second kappa shape index (κ2) is 6.47. The fraction of sp³-hybridized carbons (Fsp3) is 0.538. The summed E-state index contributed by atoms with van der Waals surface area (Å²) in [5.74, 6) is 1.68. The molecule has 4 nitrogen and oxygen atoms in total. The second-order valence-electron chi connectivity index (χ2n) is 4.01. The minimum Gasteiger partial charge on any atom is -0.497 e. The SMILES string of the molecule is COc1ccc(OCCOC2CCNC2)cc1. The predicted molar refractivity (Wildman–Crippen MR) is 65.7 cm³/mol. The summed E-state index contributed by atoms with van der Waals surface area (Å²) in [6.45, 7) is 3.24. The van der Waals surface area contributed by atoms with E-state index in [1.165, 1.54) is 0 Å². The molecule has 17 heavy (non-hydrogen) atoms. The third-order valence-electron chi connectivity index (χ3n) is 2.78. The van der Waals surface area contributed by atoms with Gasteiger partial charge in [-0.1, -0.05) is 0 Å². The van der Waals surface area contributed by atoms with Crippen LogP contribution in [0.2, 0.25) is 0 Å². The van der Waals surface area contributed by atoms with Crippen LogP contribution in [0.25, 0.3) is 0 Å². The van der Waals surface area contributed by atoms with Crippen LogP contribution in [0.4, 0.5) is 0 Å². The highest BCUT2D eigenvalue weighted by molar-refractivity contribution is 5.31. The van der Waals surface area contributed by atoms with E-state index >= 15 is 0 Å². The molecule has 1 aromatic carbocycles. The summed E-state index contributed by atoms with van der Waals surface area (Å²) in [4.78, 5) is 0. The standard InChI is InChI=1S/C13H19NO3/c1-15-11-2-4-12(5-3-11)16-8-9-17-13-6-7-14-10-13/h2-5,13-14H,6-10H2,1H3. The van der Waals surface area contributed by atoms with Gasteiger partial charge in [0.2, 0.25) is 0 Å². The summed E-state index contributed by atoms with van der Waals surface area (Å²) in [5, 5.41) is 3.26. The van der Waals surface area contributed by atoms with Gasteiger partial charge in [-0.2, -0.15) is 0 Å². The van der Waals surface area contributed by atoms with E-state index in [-0.39, 0.29) is 0 Å². The van der Waals surface area contributed by atoms with Gasteiger partial charge in [0, 0.05) is 6.54 Å². The molecule has 1 saturated heterocycles. The van der Waals surface area contributed by atoms with Crippen LogP contribution in [-0.2, 0) is 4.74 Å².